The molecule has 0 aliphatic rings. The van der Waals surface area contributed by atoms with E-state index in [0.717, 1.165) is 11.1 Å². The van der Waals surface area contributed by atoms with Crippen molar-refractivity contribution < 1.29 is 34.0 Å². The maximum atomic E-state index is 13.6. The molecule has 9 nitrogen and oxygen atoms in total. The molecule has 3 aromatic rings. The molecule has 11 heteroatoms. The molecule has 40 heavy (non-hydrogen) atoms. The number of ether oxygens (including phenoxy) is 1. The van der Waals surface area contributed by atoms with E-state index < -0.39 is 30.4 Å². The number of aliphatic hydroxyl groups excluding tert-OH is 2. The minimum atomic E-state index is -1.17. The molecule has 2 atom stereocenters. The Kier molecular flexibility index (Phi) is 13.4. The van der Waals surface area contributed by atoms with Crippen LogP contribution in [0.15, 0.2) is 48.5 Å². The molecule has 0 saturated carbocycles. The van der Waals surface area contributed by atoms with Crippen molar-refractivity contribution in [3.05, 3.63) is 82.4 Å². The molecule has 2 aromatic carbocycles. The van der Waals surface area contributed by atoms with Crippen LogP contribution in [0, 0.1) is 5.82 Å². The Bertz CT molecular complexity index is 1250. The van der Waals surface area contributed by atoms with E-state index in [-0.39, 0.29) is 59.9 Å². The van der Waals surface area contributed by atoms with E-state index in [4.69, 9.17) is 9.84 Å². The zero-order valence-corrected chi connectivity index (χ0v) is 25.4. The SMILES string of the molecule is COCc1ccc(CNC(=O)c2nn(-c3ccc(F)cc3)c(CC[C@@H](O)C[C@@H](O)CC(=O)O)c2C(C)C)cc1.[Na]. The second kappa shape index (κ2) is 16.0. The molecular formula is C29H36FN3NaO6. The zero-order valence-electron chi connectivity index (χ0n) is 23.4. The molecular weight excluding hydrogens is 528 g/mol. The van der Waals surface area contributed by atoms with Gasteiger partial charge in [0.25, 0.3) is 5.91 Å². The van der Waals surface area contributed by atoms with Crippen LogP contribution < -0.4 is 5.32 Å². The third-order valence-corrected chi connectivity index (χ3v) is 6.34. The number of hydrogen-bond acceptors (Lipinski definition) is 6. The second-order valence-electron chi connectivity index (χ2n) is 9.86. The van der Waals surface area contributed by atoms with Gasteiger partial charge in [-0.05, 0) is 60.6 Å². The van der Waals surface area contributed by atoms with Gasteiger partial charge >= 0.3 is 5.97 Å². The predicted octanol–water partition coefficient (Wildman–Crippen LogP) is 3.35. The first-order valence-corrected chi connectivity index (χ1v) is 12.9. The fourth-order valence-corrected chi connectivity index (χ4v) is 4.48. The number of aliphatic carboxylic acids is 1. The van der Waals surface area contributed by atoms with E-state index in [9.17, 15) is 24.2 Å². The van der Waals surface area contributed by atoms with E-state index in [1.54, 1.807) is 23.9 Å². The summed E-state index contributed by atoms with van der Waals surface area (Å²) in [6.07, 6.45) is -2.18. The smallest absolute Gasteiger partial charge is 0.305 e. The summed E-state index contributed by atoms with van der Waals surface area (Å²) < 4.78 is 20.4. The molecule has 0 bridgehead atoms. The van der Waals surface area contributed by atoms with E-state index in [1.165, 1.54) is 12.1 Å². The molecule has 3 rings (SSSR count). The van der Waals surface area contributed by atoms with Gasteiger partial charge in [-0.15, -0.1) is 0 Å². The number of nitrogens with zero attached hydrogens (tertiary/aromatic N) is 2. The van der Waals surface area contributed by atoms with Crippen LogP contribution in [-0.2, 0) is 29.1 Å². The largest absolute Gasteiger partial charge is 0.481 e. The van der Waals surface area contributed by atoms with Crippen LogP contribution in [0.1, 0.15) is 71.9 Å². The van der Waals surface area contributed by atoms with Gasteiger partial charge < -0.3 is 25.4 Å². The number of halogens is 1. The van der Waals surface area contributed by atoms with Crippen molar-refractivity contribution in [2.45, 2.75) is 70.8 Å². The predicted molar refractivity (Wildman–Crippen MR) is 149 cm³/mol. The average molecular weight is 565 g/mol. The minimum absolute atomic E-state index is 0. The summed E-state index contributed by atoms with van der Waals surface area (Å²) in [5, 5.41) is 36.8. The molecule has 1 radical (unpaired) electrons. The van der Waals surface area contributed by atoms with Crippen molar-refractivity contribution in [3.8, 4) is 5.69 Å². The van der Waals surface area contributed by atoms with Gasteiger partial charge in [0.2, 0.25) is 0 Å². The van der Waals surface area contributed by atoms with Crippen LogP contribution in [0.5, 0.6) is 0 Å². The number of carbonyl (C=O) groups is 2. The summed E-state index contributed by atoms with van der Waals surface area (Å²) in [6.45, 7) is 4.67. The number of methoxy groups -OCH3 is 1. The number of aromatic nitrogens is 2. The fourth-order valence-electron chi connectivity index (χ4n) is 4.48. The number of amides is 1. The molecule has 0 fully saturated rings. The normalized spacial score (nSPS) is 12.6. The number of carbonyl (C=O) groups excluding carboxylic acids is 1. The molecule has 0 saturated heterocycles. The first-order valence-electron chi connectivity index (χ1n) is 12.9. The van der Waals surface area contributed by atoms with Crippen LogP contribution >= 0.6 is 0 Å². The van der Waals surface area contributed by atoms with E-state index in [0.29, 0.717) is 36.5 Å². The number of hydrogen-bond donors (Lipinski definition) is 4. The quantitative estimate of drug-likeness (QED) is 0.221. The van der Waals surface area contributed by atoms with Crippen molar-refractivity contribution in [1.82, 2.24) is 15.1 Å². The number of carboxylic acids is 1. The zero-order chi connectivity index (χ0) is 28.5. The van der Waals surface area contributed by atoms with Crippen molar-refractivity contribution in [1.29, 1.82) is 0 Å². The van der Waals surface area contributed by atoms with Gasteiger partial charge in [-0.2, -0.15) is 5.10 Å². The van der Waals surface area contributed by atoms with Gasteiger partial charge in [0.05, 0.1) is 30.9 Å². The Morgan fingerprint density at radius 2 is 1.65 bits per heavy atom. The number of rotatable bonds is 14. The van der Waals surface area contributed by atoms with Crippen molar-refractivity contribution in [2.24, 2.45) is 0 Å². The van der Waals surface area contributed by atoms with Gasteiger partial charge in [-0.1, -0.05) is 38.1 Å². The molecule has 1 amide bonds. The molecule has 0 unspecified atom stereocenters. The van der Waals surface area contributed by atoms with Gasteiger partial charge in [0, 0.05) is 54.5 Å². The van der Waals surface area contributed by atoms with Gasteiger partial charge in [-0.3, -0.25) is 9.59 Å². The summed E-state index contributed by atoms with van der Waals surface area (Å²) in [6, 6.07) is 13.4. The van der Waals surface area contributed by atoms with Gasteiger partial charge in [0.1, 0.15) is 5.82 Å². The average Bonchev–Trinajstić information content (AvgIpc) is 3.27. The standard InChI is InChI=1S/C29H36FN3O6.Na/c1-18(2)27-25(13-12-23(34)14-24(35)15-26(36)37)33(22-10-8-21(30)9-11-22)32-28(27)29(38)31-16-19-4-6-20(7-5-19)17-39-3;/h4-11,18,23-24,34-35H,12-17H2,1-3H3,(H,31,38)(H,36,37);/t23-,24-;/m1./s1. The van der Waals surface area contributed by atoms with E-state index >= 15 is 0 Å². The molecule has 4 N–H and O–H groups in total. The third-order valence-electron chi connectivity index (χ3n) is 6.34. The van der Waals surface area contributed by atoms with Crippen molar-refractivity contribution in [2.75, 3.05) is 7.11 Å². The summed E-state index contributed by atoms with van der Waals surface area (Å²) in [4.78, 5) is 24.2. The minimum Gasteiger partial charge on any atom is -0.481 e. The Hall–Kier alpha value is -2.60. The fraction of sp³-hybridized carbons (Fsp3) is 0.414. The number of nitrogens with one attached hydrogen (secondary N) is 1. The molecule has 0 spiro atoms. The van der Waals surface area contributed by atoms with Crippen LogP contribution in [-0.4, -0.2) is 85.9 Å². The van der Waals surface area contributed by atoms with Gasteiger partial charge in [-0.25, -0.2) is 9.07 Å². The second-order valence-corrected chi connectivity index (χ2v) is 9.86. The molecule has 211 valence electrons. The van der Waals surface area contributed by atoms with Crippen LogP contribution in [0.2, 0.25) is 0 Å². The molecule has 0 aliphatic heterocycles. The summed E-state index contributed by atoms with van der Waals surface area (Å²) in [5.41, 5.74) is 4.11. The van der Waals surface area contributed by atoms with Crippen molar-refractivity contribution in [3.63, 3.8) is 0 Å². The maximum Gasteiger partial charge on any atom is 0.305 e. The maximum absolute atomic E-state index is 13.6. The van der Waals surface area contributed by atoms with Crippen LogP contribution in [0.25, 0.3) is 5.69 Å². The monoisotopic (exact) mass is 564 g/mol. The Morgan fingerprint density at radius 1 is 1.02 bits per heavy atom. The Morgan fingerprint density at radius 3 is 2.23 bits per heavy atom. The summed E-state index contributed by atoms with van der Waals surface area (Å²) in [7, 11) is 1.63. The Labute approximate surface area is 255 Å². The third kappa shape index (κ3) is 9.50. The first-order chi connectivity index (χ1) is 18.6. The van der Waals surface area contributed by atoms with E-state index in [1.807, 2.05) is 38.1 Å². The van der Waals surface area contributed by atoms with Gasteiger partial charge in [0.15, 0.2) is 5.69 Å². The van der Waals surface area contributed by atoms with Crippen LogP contribution in [0.4, 0.5) is 4.39 Å². The summed E-state index contributed by atoms with van der Waals surface area (Å²) >= 11 is 0. The molecule has 0 aliphatic carbocycles. The number of carboxylic acid groups (broad SMARTS) is 1. The first kappa shape index (κ1) is 33.6. The topological polar surface area (TPSA) is 134 Å². The molecule has 1 aromatic heterocycles. The van der Waals surface area contributed by atoms with Crippen molar-refractivity contribution >= 4 is 41.4 Å². The number of aliphatic hydroxyl groups is 2. The molecule has 1 heterocycles. The number of benzene rings is 2. The Balaban J connectivity index is 0.00000560. The van der Waals surface area contributed by atoms with E-state index in [2.05, 4.69) is 10.4 Å². The summed E-state index contributed by atoms with van der Waals surface area (Å²) in [5.74, 6) is -2.01. The van der Waals surface area contributed by atoms with Crippen LogP contribution in [0.3, 0.4) is 0 Å².